The molecule has 0 aromatic heterocycles. The van der Waals surface area contributed by atoms with Crippen LogP contribution in [0, 0.1) is 10.1 Å². The van der Waals surface area contributed by atoms with E-state index >= 15 is 0 Å². The lowest BCUT2D eigenvalue weighted by atomic mass is 10.1. The Hall–Kier alpha value is -4.04. The lowest BCUT2D eigenvalue weighted by Gasteiger charge is -2.20. The predicted molar refractivity (Wildman–Crippen MR) is 137 cm³/mol. The maximum atomic E-state index is 11.5. The van der Waals surface area contributed by atoms with Gasteiger partial charge in [-0.25, -0.2) is 0 Å². The molecule has 0 saturated carbocycles. The summed E-state index contributed by atoms with van der Waals surface area (Å²) in [6.45, 7) is 3.62. The van der Waals surface area contributed by atoms with Gasteiger partial charge in [-0.05, 0) is 24.3 Å². The van der Waals surface area contributed by atoms with E-state index in [1.165, 1.54) is 0 Å². The van der Waals surface area contributed by atoms with E-state index in [1.54, 1.807) is 18.2 Å². The number of nitrogens with zero attached hydrogens (tertiary/aromatic N) is 4. The third-order valence-corrected chi connectivity index (χ3v) is 5.57. The van der Waals surface area contributed by atoms with Gasteiger partial charge in [-0.15, -0.1) is 0 Å². The van der Waals surface area contributed by atoms with Gasteiger partial charge in [-0.3, -0.25) is 25.0 Å². The van der Waals surface area contributed by atoms with E-state index in [1.807, 2.05) is 67.0 Å². The van der Waals surface area contributed by atoms with Crippen molar-refractivity contribution in [1.29, 1.82) is 0 Å². The predicted octanol–water partition coefficient (Wildman–Crippen LogP) is 4.41. The fourth-order valence-corrected chi connectivity index (χ4v) is 3.80. The van der Waals surface area contributed by atoms with Crippen LogP contribution in [0.4, 0.5) is 5.69 Å². The highest BCUT2D eigenvalue weighted by Gasteiger charge is 2.15. The third-order valence-electron chi connectivity index (χ3n) is 5.57. The Morgan fingerprint density at radius 1 is 0.771 bits per heavy atom. The van der Waals surface area contributed by atoms with Crippen LogP contribution in [0.25, 0.3) is 0 Å². The molecule has 0 radical (unpaired) electrons. The number of fused-ring (bicyclic) bond motifs is 2. The summed E-state index contributed by atoms with van der Waals surface area (Å²) >= 11 is 0. The van der Waals surface area contributed by atoms with Crippen molar-refractivity contribution < 1.29 is 14.4 Å². The summed E-state index contributed by atoms with van der Waals surface area (Å²) in [4.78, 5) is 22.5. The zero-order chi connectivity index (χ0) is 24.3. The molecular weight excluding hydrogens is 444 g/mol. The minimum atomic E-state index is -0.334. The maximum Gasteiger partial charge on any atom is 0.273 e. The van der Waals surface area contributed by atoms with E-state index < -0.39 is 0 Å². The summed E-state index contributed by atoms with van der Waals surface area (Å²) in [6, 6.07) is 22.3. The molecule has 0 N–H and O–H groups in total. The van der Waals surface area contributed by atoms with Gasteiger partial charge in [0.1, 0.15) is 24.7 Å². The monoisotopic (exact) mass is 472 g/mol. The van der Waals surface area contributed by atoms with Gasteiger partial charge in [0.2, 0.25) is 0 Å². The summed E-state index contributed by atoms with van der Waals surface area (Å²) in [6.07, 6.45) is 3.62. The third kappa shape index (κ3) is 6.97. The zero-order valence-corrected chi connectivity index (χ0v) is 19.5. The number of aliphatic imine (C=N–C) groups is 2. The minimum absolute atomic E-state index is 0.125. The van der Waals surface area contributed by atoms with Crippen LogP contribution in [-0.2, 0) is 6.54 Å². The lowest BCUT2D eigenvalue weighted by molar-refractivity contribution is -0.385. The van der Waals surface area contributed by atoms with Crippen LogP contribution in [0.2, 0.25) is 0 Å². The topological polar surface area (TPSA) is 89.6 Å². The van der Waals surface area contributed by atoms with Crippen molar-refractivity contribution in [3.63, 3.8) is 0 Å². The standard InChI is InChI=1S/C27H28N4O4/c32-31(33)25-10-4-1-9-24(25)21-30-15-13-28-19-22-7-2-5-11-26(22)34-17-18-35-27-12-6-3-8-23(27)20-29-14-16-30/h1-12,19-20H,13-18,21H2. The van der Waals surface area contributed by atoms with Crippen molar-refractivity contribution in [3.05, 3.63) is 99.6 Å². The molecule has 35 heavy (non-hydrogen) atoms. The molecule has 0 bridgehead atoms. The van der Waals surface area contributed by atoms with Gasteiger partial charge in [0.15, 0.2) is 0 Å². The largest absolute Gasteiger partial charge is 0.489 e. The molecule has 0 aliphatic carbocycles. The molecule has 0 fully saturated rings. The molecule has 0 spiro atoms. The summed E-state index contributed by atoms with van der Waals surface area (Å²) in [5, 5.41) is 11.5. The van der Waals surface area contributed by atoms with Crippen LogP contribution in [0.3, 0.4) is 0 Å². The van der Waals surface area contributed by atoms with Crippen molar-refractivity contribution in [3.8, 4) is 11.5 Å². The average molecular weight is 473 g/mol. The van der Waals surface area contributed by atoms with Gasteiger partial charge in [0, 0.05) is 54.8 Å². The lowest BCUT2D eigenvalue weighted by Crippen LogP contribution is -2.29. The molecule has 0 unspecified atom stereocenters. The highest BCUT2D eigenvalue weighted by atomic mass is 16.6. The first kappa shape index (κ1) is 24.1. The van der Waals surface area contributed by atoms with Gasteiger partial charge >= 0.3 is 0 Å². The maximum absolute atomic E-state index is 11.5. The van der Waals surface area contributed by atoms with Gasteiger partial charge < -0.3 is 9.47 Å². The second kappa shape index (κ2) is 12.4. The summed E-state index contributed by atoms with van der Waals surface area (Å²) in [5.74, 6) is 1.49. The quantitative estimate of drug-likeness (QED) is 0.416. The van der Waals surface area contributed by atoms with Crippen molar-refractivity contribution in [2.24, 2.45) is 9.98 Å². The molecule has 1 aliphatic heterocycles. The molecule has 0 saturated heterocycles. The Balaban J connectivity index is 1.56. The van der Waals surface area contributed by atoms with E-state index in [-0.39, 0.29) is 10.6 Å². The average Bonchev–Trinajstić information content (AvgIpc) is 2.88. The molecule has 3 aromatic rings. The van der Waals surface area contributed by atoms with Crippen LogP contribution in [0.15, 0.2) is 82.8 Å². The first-order valence-electron chi connectivity index (χ1n) is 11.6. The molecule has 1 heterocycles. The molecular formula is C27H28N4O4. The van der Waals surface area contributed by atoms with E-state index in [0.29, 0.717) is 51.5 Å². The molecule has 0 amide bonds. The number of hydrogen-bond donors (Lipinski definition) is 0. The van der Waals surface area contributed by atoms with Crippen LogP contribution < -0.4 is 9.47 Å². The van der Waals surface area contributed by atoms with Crippen LogP contribution >= 0.6 is 0 Å². The highest BCUT2D eigenvalue weighted by molar-refractivity contribution is 5.84. The second-order valence-electron chi connectivity index (χ2n) is 8.01. The SMILES string of the molecule is O=[N+]([O-])c1ccccc1CN1CCN=Cc2ccccc2OCCOc2ccccc2C=NCC1. The Labute approximate surface area is 204 Å². The molecule has 8 nitrogen and oxygen atoms in total. The van der Waals surface area contributed by atoms with Crippen LogP contribution in [0.5, 0.6) is 11.5 Å². The molecule has 8 heteroatoms. The highest BCUT2D eigenvalue weighted by Crippen LogP contribution is 2.20. The molecule has 0 atom stereocenters. The molecule has 3 aromatic carbocycles. The minimum Gasteiger partial charge on any atom is -0.489 e. The van der Waals surface area contributed by atoms with E-state index in [4.69, 9.17) is 9.47 Å². The van der Waals surface area contributed by atoms with Gasteiger partial charge in [-0.2, -0.15) is 0 Å². The molecule has 4 rings (SSSR count). The summed E-state index contributed by atoms with van der Waals surface area (Å²) in [5.41, 5.74) is 2.59. The van der Waals surface area contributed by atoms with E-state index in [2.05, 4.69) is 14.9 Å². The number of nitro groups is 1. The fourth-order valence-electron chi connectivity index (χ4n) is 3.80. The first-order valence-corrected chi connectivity index (χ1v) is 11.6. The first-order chi connectivity index (χ1) is 17.2. The number of ether oxygens (including phenoxy) is 2. The Morgan fingerprint density at radius 3 is 1.86 bits per heavy atom. The fraction of sp³-hybridized carbons (Fsp3) is 0.259. The summed E-state index contributed by atoms with van der Waals surface area (Å²) < 4.78 is 11.9. The number of para-hydroxylation sites is 3. The van der Waals surface area contributed by atoms with Crippen molar-refractivity contribution in [1.82, 2.24) is 4.90 Å². The number of hydrogen-bond acceptors (Lipinski definition) is 7. The normalized spacial score (nSPS) is 15.2. The van der Waals surface area contributed by atoms with Gasteiger partial charge in [-0.1, -0.05) is 42.5 Å². The number of benzene rings is 3. The van der Waals surface area contributed by atoms with Crippen molar-refractivity contribution in [2.75, 3.05) is 39.4 Å². The smallest absolute Gasteiger partial charge is 0.273 e. The Kier molecular flexibility index (Phi) is 8.56. The Morgan fingerprint density at radius 2 is 1.29 bits per heavy atom. The summed E-state index contributed by atoms with van der Waals surface area (Å²) in [7, 11) is 0. The van der Waals surface area contributed by atoms with Crippen LogP contribution in [0.1, 0.15) is 16.7 Å². The van der Waals surface area contributed by atoms with Crippen molar-refractivity contribution >= 4 is 18.1 Å². The second-order valence-corrected chi connectivity index (χ2v) is 8.01. The zero-order valence-electron chi connectivity index (χ0n) is 19.5. The van der Waals surface area contributed by atoms with E-state index in [0.717, 1.165) is 22.6 Å². The van der Waals surface area contributed by atoms with Crippen LogP contribution in [-0.4, -0.2) is 61.6 Å². The number of rotatable bonds is 3. The Bertz CT molecular complexity index is 1130. The van der Waals surface area contributed by atoms with Crippen molar-refractivity contribution in [2.45, 2.75) is 6.54 Å². The number of nitro benzene ring substituents is 1. The van der Waals surface area contributed by atoms with Gasteiger partial charge in [0.25, 0.3) is 5.69 Å². The van der Waals surface area contributed by atoms with E-state index in [9.17, 15) is 10.1 Å². The molecule has 180 valence electrons. The molecule has 1 aliphatic rings. The van der Waals surface area contributed by atoms with Gasteiger partial charge in [0.05, 0.1) is 18.0 Å².